The fourth-order valence-electron chi connectivity index (χ4n) is 2.07. The van der Waals surface area contributed by atoms with E-state index in [0.29, 0.717) is 0 Å². The third-order valence-corrected chi connectivity index (χ3v) is 3.22. The summed E-state index contributed by atoms with van der Waals surface area (Å²) in [5.74, 6) is 0. The summed E-state index contributed by atoms with van der Waals surface area (Å²) in [5, 5.41) is 0. The zero-order valence-corrected chi connectivity index (χ0v) is 15.7. The highest BCUT2D eigenvalue weighted by Gasteiger charge is 1.99. The largest absolute Gasteiger partial charge is 0.302 e. The van der Waals surface area contributed by atoms with Gasteiger partial charge in [0, 0.05) is 6.54 Å². The van der Waals surface area contributed by atoms with E-state index in [4.69, 9.17) is 0 Å². The number of unbranched alkanes of at least 4 members (excludes halogenated alkanes) is 4. The smallest absolute Gasteiger partial charge is 0.0230 e. The van der Waals surface area contributed by atoms with Gasteiger partial charge in [-0.25, -0.2) is 0 Å². The number of nitrogens with zero attached hydrogens (tertiary/aromatic N) is 1. The molecule has 0 aliphatic carbocycles. The molecule has 0 spiro atoms. The second-order valence-electron chi connectivity index (χ2n) is 5.14. The zero-order valence-electron chi connectivity index (χ0n) is 15.7. The molecule has 1 aromatic carbocycles. The van der Waals surface area contributed by atoms with Gasteiger partial charge in [0.05, 0.1) is 0 Å². The van der Waals surface area contributed by atoms with Crippen LogP contribution in [0.2, 0.25) is 0 Å². The average Bonchev–Trinajstić information content (AvgIpc) is 2.53. The van der Waals surface area contributed by atoms with Crippen LogP contribution in [0.3, 0.4) is 0 Å². The van der Waals surface area contributed by atoms with Crippen LogP contribution in [0.5, 0.6) is 0 Å². The fraction of sp³-hybridized carbons (Fsp3) is 0.714. The van der Waals surface area contributed by atoms with Gasteiger partial charge in [0.1, 0.15) is 0 Å². The van der Waals surface area contributed by atoms with Gasteiger partial charge in [0.15, 0.2) is 0 Å². The van der Waals surface area contributed by atoms with Gasteiger partial charge in [-0.15, -0.1) is 0 Å². The van der Waals surface area contributed by atoms with E-state index in [0.717, 1.165) is 6.54 Å². The van der Waals surface area contributed by atoms with Crippen molar-refractivity contribution in [2.75, 3.05) is 13.6 Å². The highest BCUT2D eigenvalue weighted by atomic mass is 15.1. The monoisotopic (exact) mass is 309 g/mol. The Balaban J connectivity index is -0.000000665. The first-order valence-corrected chi connectivity index (χ1v) is 8.96. The molecular weight excluding hydrogens is 266 g/mol. The third-order valence-electron chi connectivity index (χ3n) is 3.22. The Morgan fingerprint density at radius 1 is 0.818 bits per heavy atom. The lowest BCUT2D eigenvalue weighted by molar-refractivity contribution is 0.316. The SMILES string of the molecule is C.CC.CC.CCCCCCCN(C)Cc1ccc(C)cc1. The Morgan fingerprint density at radius 3 is 1.82 bits per heavy atom. The summed E-state index contributed by atoms with van der Waals surface area (Å²) in [6.07, 6.45) is 6.84. The van der Waals surface area contributed by atoms with Crippen molar-refractivity contribution in [2.24, 2.45) is 0 Å². The van der Waals surface area contributed by atoms with Crippen molar-refractivity contribution in [3.05, 3.63) is 35.4 Å². The lowest BCUT2D eigenvalue weighted by atomic mass is 10.1. The van der Waals surface area contributed by atoms with Crippen molar-refractivity contribution in [3.63, 3.8) is 0 Å². The minimum Gasteiger partial charge on any atom is -0.302 e. The summed E-state index contributed by atoms with van der Waals surface area (Å²) in [7, 11) is 2.22. The molecule has 0 bridgehead atoms. The van der Waals surface area contributed by atoms with E-state index in [1.54, 1.807) is 0 Å². The Morgan fingerprint density at radius 2 is 1.32 bits per heavy atom. The van der Waals surface area contributed by atoms with E-state index < -0.39 is 0 Å². The van der Waals surface area contributed by atoms with Crippen LogP contribution in [0.15, 0.2) is 24.3 Å². The van der Waals surface area contributed by atoms with Gasteiger partial charge in [-0.2, -0.15) is 0 Å². The standard InChI is InChI=1S/C16H27N.2C2H6.CH4/c1-4-5-6-7-8-13-17(3)14-16-11-9-15(2)10-12-16;2*1-2;/h9-12H,4-8,13-14H2,1-3H3;2*1-2H3;1H4. The highest BCUT2D eigenvalue weighted by Crippen LogP contribution is 2.08. The molecule has 0 atom stereocenters. The molecule has 0 N–H and O–H groups in total. The maximum Gasteiger partial charge on any atom is 0.0230 e. The first kappa shape index (κ1) is 26.1. The molecule has 0 heterocycles. The Labute approximate surface area is 142 Å². The normalized spacial score (nSPS) is 9.09. The minimum absolute atomic E-state index is 0. The van der Waals surface area contributed by atoms with Crippen LogP contribution in [0.25, 0.3) is 0 Å². The molecule has 0 aliphatic rings. The molecule has 0 saturated carbocycles. The predicted molar refractivity (Wildman–Crippen MR) is 106 cm³/mol. The van der Waals surface area contributed by atoms with Crippen molar-refractivity contribution in [2.45, 2.75) is 87.6 Å². The molecule has 0 unspecified atom stereocenters. The Kier molecular flexibility index (Phi) is 23.9. The summed E-state index contributed by atoms with van der Waals surface area (Å²) in [6, 6.07) is 8.88. The zero-order chi connectivity index (χ0) is 16.5. The van der Waals surface area contributed by atoms with Crippen LogP contribution in [0.4, 0.5) is 0 Å². The van der Waals surface area contributed by atoms with Gasteiger partial charge in [-0.3, -0.25) is 0 Å². The van der Waals surface area contributed by atoms with E-state index in [1.165, 1.54) is 49.8 Å². The van der Waals surface area contributed by atoms with Crippen LogP contribution in [-0.4, -0.2) is 18.5 Å². The van der Waals surface area contributed by atoms with Crippen LogP contribution >= 0.6 is 0 Å². The lowest BCUT2D eigenvalue weighted by Crippen LogP contribution is -2.19. The molecule has 22 heavy (non-hydrogen) atoms. The van der Waals surface area contributed by atoms with Crippen molar-refractivity contribution in [1.29, 1.82) is 0 Å². The molecule has 0 aliphatic heterocycles. The lowest BCUT2D eigenvalue weighted by Gasteiger charge is -2.16. The summed E-state index contributed by atoms with van der Waals surface area (Å²) < 4.78 is 0. The molecule has 1 nitrogen and oxygen atoms in total. The van der Waals surface area contributed by atoms with Gasteiger partial charge >= 0.3 is 0 Å². The van der Waals surface area contributed by atoms with Crippen molar-refractivity contribution < 1.29 is 0 Å². The highest BCUT2D eigenvalue weighted by molar-refractivity contribution is 5.21. The summed E-state index contributed by atoms with van der Waals surface area (Å²) in [4.78, 5) is 2.43. The van der Waals surface area contributed by atoms with E-state index in [1.807, 2.05) is 27.7 Å². The number of hydrogen-bond donors (Lipinski definition) is 0. The molecule has 0 aromatic heterocycles. The maximum atomic E-state index is 2.43. The Bertz CT molecular complexity index is 289. The van der Waals surface area contributed by atoms with Gasteiger partial charge in [-0.1, -0.05) is 97.6 Å². The average molecular weight is 310 g/mol. The summed E-state index contributed by atoms with van der Waals surface area (Å²) >= 11 is 0. The molecule has 1 rings (SSSR count). The van der Waals surface area contributed by atoms with E-state index in [2.05, 4.69) is 50.1 Å². The summed E-state index contributed by atoms with van der Waals surface area (Å²) in [5.41, 5.74) is 2.77. The van der Waals surface area contributed by atoms with Gasteiger partial charge in [0.2, 0.25) is 0 Å². The molecule has 132 valence electrons. The quantitative estimate of drug-likeness (QED) is 0.463. The third kappa shape index (κ3) is 15.6. The maximum absolute atomic E-state index is 2.43. The molecular formula is C21H43N. The molecule has 1 heteroatoms. The van der Waals surface area contributed by atoms with Crippen LogP contribution in [-0.2, 0) is 6.54 Å². The number of rotatable bonds is 8. The first-order valence-electron chi connectivity index (χ1n) is 8.96. The number of hydrogen-bond acceptors (Lipinski definition) is 1. The van der Waals surface area contributed by atoms with E-state index >= 15 is 0 Å². The van der Waals surface area contributed by atoms with Crippen LogP contribution in [0, 0.1) is 6.92 Å². The topological polar surface area (TPSA) is 3.24 Å². The molecule has 0 radical (unpaired) electrons. The molecule has 1 aromatic rings. The second-order valence-corrected chi connectivity index (χ2v) is 5.14. The Hall–Kier alpha value is -0.820. The second kappa shape index (κ2) is 20.2. The summed E-state index contributed by atoms with van der Waals surface area (Å²) in [6.45, 7) is 14.7. The molecule has 0 fully saturated rings. The fourth-order valence-corrected chi connectivity index (χ4v) is 2.07. The van der Waals surface area contributed by atoms with Crippen molar-refractivity contribution in [3.8, 4) is 0 Å². The van der Waals surface area contributed by atoms with Crippen molar-refractivity contribution in [1.82, 2.24) is 4.90 Å². The predicted octanol–water partition coefficient (Wildman–Crippen LogP) is 7.09. The van der Waals surface area contributed by atoms with Gasteiger partial charge in [-0.05, 0) is 32.5 Å². The van der Waals surface area contributed by atoms with Crippen LogP contribution < -0.4 is 0 Å². The number of aryl methyl sites for hydroxylation is 1. The minimum atomic E-state index is 0. The molecule has 0 amide bonds. The molecule has 0 saturated heterocycles. The van der Waals surface area contributed by atoms with Crippen molar-refractivity contribution >= 4 is 0 Å². The first-order chi connectivity index (χ1) is 10.2. The van der Waals surface area contributed by atoms with Crippen LogP contribution in [0.1, 0.15) is 85.3 Å². The number of benzene rings is 1. The van der Waals surface area contributed by atoms with Gasteiger partial charge < -0.3 is 4.90 Å². The van der Waals surface area contributed by atoms with Gasteiger partial charge in [0.25, 0.3) is 0 Å². The van der Waals surface area contributed by atoms with E-state index in [-0.39, 0.29) is 7.43 Å². The van der Waals surface area contributed by atoms with E-state index in [9.17, 15) is 0 Å².